The Labute approximate surface area is 112 Å². The fraction of sp³-hybridized carbons (Fsp3) is 0.812. The van der Waals surface area contributed by atoms with Gasteiger partial charge in [0.25, 0.3) is 0 Å². The molecule has 0 fully saturated rings. The molecule has 0 aliphatic rings. The maximum atomic E-state index is 11.3. The largest absolute Gasteiger partial charge is 0.481 e. The van der Waals surface area contributed by atoms with Crippen molar-refractivity contribution in [3.05, 3.63) is 12.2 Å². The second-order valence-electron chi connectivity index (χ2n) is 5.54. The van der Waals surface area contributed by atoms with E-state index in [1.165, 1.54) is 12.8 Å². The first kappa shape index (κ1) is 17.2. The van der Waals surface area contributed by atoms with Crippen LogP contribution in [-0.4, -0.2) is 11.1 Å². The third-order valence-electron chi connectivity index (χ3n) is 3.80. The Morgan fingerprint density at radius 3 is 2.39 bits per heavy atom. The number of carboxylic acids is 1. The van der Waals surface area contributed by atoms with E-state index in [9.17, 15) is 9.90 Å². The minimum Gasteiger partial charge on any atom is -0.481 e. The molecule has 0 amide bonds. The minimum atomic E-state index is -0.659. The van der Waals surface area contributed by atoms with Crippen LogP contribution in [0.1, 0.15) is 72.6 Å². The first-order chi connectivity index (χ1) is 8.50. The summed E-state index contributed by atoms with van der Waals surface area (Å²) in [6.07, 6.45) is 11.7. The van der Waals surface area contributed by atoms with Crippen LogP contribution in [0.3, 0.4) is 0 Å². The van der Waals surface area contributed by atoms with Crippen molar-refractivity contribution in [2.45, 2.75) is 72.6 Å². The average Bonchev–Trinajstić information content (AvgIpc) is 2.34. The maximum absolute atomic E-state index is 11.3. The standard InChI is InChI=1S/C16H30O2/c1-5-8-9-10-12-14(11-6-2)13-16(4,7-3)15(17)18/h10,12,14H,5-9,11,13H2,1-4H3,(H,17,18). The molecule has 0 bridgehead atoms. The topological polar surface area (TPSA) is 37.3 Å². The molecule has 2 heteroatoms. The summed E-state index contributed by atoms with van der Waals surface area (Å²) in [5.74, 6) is -0.249. The number of carbonyl (C=O) groups is 1. The Hall–Kier alpha value is -0.790. The van der Waals surface area contributed by atoms with Crippen molar-refractivity contribution in [2.24, 2.45) is 11.3 Å². The second kappa shape index (κ2) is 9.18. The molecule has 2 atom stereocenters. The highest BCUT2D eigenvalue weighted by molar-refractivity contribution is 5.74. The Morgan fingerprint density at radius 1 is 1.28 bits per heavy atom. The lowest BCUT2D eigenvalue weighted by atomic mass is 9.77. The summed E-state index contributed by atoms with van der Waals surface area (Å²) >= 11 is 0. The van der Waals surface area contributed by atoms with Gasteiger partial charge in [-0.15, -0.1) is 0 Å². The summed E-state index contributed by atoms with van der Waals surface area (Å²) in [5.41, 5.74) is -0.574. The van der Waals surface area contributed by atoms with E-state index < -0.39 is 11.4 Å². The molecule has 0 radical (unpaired) electrons. The lowest BCUT2D eigenvalue weighted by molar-refractivity contribution is -0.149. The molecule has 0 rings (SSSR count). The molecular weight excluding hydrogens is 224 g/mol. The molecule has 0 aliphatic carbocycles. The quantitative estimate of drug-likeness (QED) is 0.438. The van der Waals surface area contributed by atoms with E-state index >= 15 is 0 Å². The first-order valence-electron chi connectivity index (χ1n) is 7.40. The molecule has 18 heavy (non-hydrogen) atoms. The van der Waals surface area contributed by atoms with Gasteiger partial charge in [0, 0.05) is 0 Å². The SMILES string of the molecule is CCCCC=CC(CCC)CC(C)(CC)C(=O)O. The third-order valence-corrected chi connectivity index (χ3v) is 3.80. The first-order valence-corrected chi connectivity index (χ1v) is 7.40. The van der Waals surface area contributed by atoms with Crippen molar-refractivity contribution in [3.63, 3.8) is 0 Å². The van der Waals surface area contributed by atoms with E-state index in [0.29, 0.717) is 12.3 Å². The predicted octanol–water partition coefficient (Wildman–Crippen LogP) is 5.04. The van der Waals surface area contributed by atoms with E-state index in [1.54, 1.807) is 0 Å². The van der Waals surface area contributed by atoms with Gasteiger partial charge in [-0.3, -0.25) is 4.79 Å². The van der Waals surface area contributed by atoms with Crippen molar-refractivity contribution in [2.75, 3.05) is 0 Å². The van der Waals surface area contributed by atoms with E-state index in [1.807, 2.05) is 13.8 Å². The van der Waals surface area contributed by atoms with Gasteiger partial charge in [-0.2, -0.15) is 0 Å². The van der Waals surface area contributed by atoms with Crippen LogP contribution in [0, 0.1) is 11.3 Å². The molecule has 106 valence electrons. The summed E-state index contributed by atoms with van der Waals surface area (Å²) in [5, 5.41) is 9.34. The van der Waals surface area contributed by atoms with Gasteiger partial charge in [-0.25, -0.2) is 0 Å². The van der Waals surface area contributed by atoms with Crippen molar-refractivity contribution >= 4 is 5.97 Å². The molecule has 1 N–H and O–H groups in total. The zero-order valence-electron chi connectivity index (χ0n) is 12.5. The summed E-state index contributed by atoms with van der Waals surface area (Å²) in [6.45, 7) is 8.20. The molecule has 0 aromatic rings. The molecule has 0 aromatic heterocycles. The Bertz CT molecular complexity index is 258. The molecule has 0 spiro atoms. The number of carboxylic acid groups (broad SMARTS) is 1. The third kappa shape index (κ3) is 6.23. The molecule has 0 aromatic carbocycles. The number of allylic oxidation sites excluding steroid dienone is 2. The Morgan fingerprint density at radius 2 is 1.94 bits per heavy atom. The molecule has 0 saturated heterocycles. The molecule has 0 saturated carbocycles. The van der Waals surface area contributed by atoms with Gasteiger partial charge in [-0.1, -0.05) is 52.2 Å². The van der Waals surface area contributed by atoms with E-state index in [-0.39, 0.29) is 0 Å². The maximum Gasteiger partial charge on any atom is 0.309 e. The number of rotatable bonds is 10. The summed E-state index contributed by atoms with van der Waals surface area (Å²) in [6, 6.07) is 0. The fourth-order valence-corrected chi connectivity index (χ4v) is 2.21. The van der Waals surface area contributed by atoms with E-state index in [0.717, 1.165) is 25.7 Å². The summed E-state index contributed by atoms with van der Waals surface area (Å²) in [4.78, 5) is 11.3. The lowest BCUT2D eigenvalue weighted by Crippen LogP contribution is -2.29. The lowest BCUT2D eigenvalue weighted by Gasteiger charge is -2.27. The smallest absolute Gasteiger partial charge is 0.309 e. The Kier molecular flexibility index (Phi) is 8.78. The number of hydrogen-bond acceptors (Lipinski definition) is 1. The summed E-state index contributed by atoms with van der Waals surface area (Å²) < 4.78 is 0. The van der Waals surface area contributed by atoms with Crippen LogP contribution in [-0.2, 0) is 4.79 Å². The van der Waals surface area contributed by atoms with Gasteiger partial charge in [0.1, 0.15) is 0 Å². The van der Waals surface area contributed by atoms with Crippen LogP contribution in [0.5, 0.6) is 0 Å². The zero-order chi connectivity index (χ0) is 14.0. The highest BCUT2D eigenvalue weighted by Gasteiger charge is 2.32. The van der Waals surface area contributed by atoms with Crippen LogP contribution >= 0.6 is 0 Å². The van der Waals surface area contributed by atoms with Gasteiger partial charge in [0.15, 0.2) is 0 Å². The number of unbranched alkanes of at least 4 members (excludes halogenated alkanes) is 2. The molecular formula is C16H30O2. The molecule has 2 unspecified atom stereocenters. The van der Waals surface area contributed by atoms with E-state index in [4.69, 9.17) is 0 Å². The van der Waals surface area contributed by atoms with Crippen LogP contribution in [0.4, 0.5) is 0 Å². The minimum absolute atomic E-state index is 0.410. The van der Waals surface area contributed by atoms with Crippen LogP contribution in [0.2, 0.25) is 0 Å². The molecule has 0 heterocycles. The van der Waals surface area contributed by atoms with Crippen LogP contribution < -0.4 is 0 Å². The van der Waals surface area contributed by atoms with Gasteiger partial charge in [0.05, 0.1) is 5.41 Å². The monoisotopic (exact) mass is 254 g/mol. The zero-order valence-corrected chi connectivity index (χ0v) is 12.5. The summed E-state index contributed by atoms with van der Waals surface area (Å²) in [7, 11) is 0. The van der Waals surface area contributed by atoms with Gasteiger partial charge < -0.3 is 5.11 Å². The van der Waals surface area contributed by atoms with E-state index in [2.05, 4.69) is 26.0 Å². The van der Waals surface area contributed by atoms with Crippen molar-refractivity contribution in [3.8, 4) is 0 Å². The van der Waals surface area contributed by atoms with Crippen molar-refractivity contribution in [1.29, 1.82) is 0 Å². The normalized spacial score (nSPS) is 16.7. The van der Waals surface area contributed by atoms with Crippen molar-refractivity contribution in [1.82, 2.24) is 0 Å². The van der Waals surface area contributed by atoms with Gasteiger partial charge in [-0.05, 0) is 38.5 Å². The fourth-order valence-electron chi connectivity index (χ4n) is 2.21. The highest BCUT2D eigenvalue weighted by atomic mass is 16.4. The average molecular weight is 254 g/mol. The highest BCUT2D eigenvalue weighted by Crippen LogP contribution is 2.32. The Balaban J connectivity index is 4.50. The number of aliphatic carboxylic acids is 1. The number of hydrogen-bond donors (Lipinski definition) is 1. The van der Waals surface area contributed by atoms with Crippen LogP contribution in [0.15, 0.2) is 12.2 Å². The molecule has 2 nitrogen and oxygen atoms in total. The second-order valence-corrected chi connectivity index (χ2v) is 5.54. The predicted molar refractivity (Wildman–Crippen MR) is 77.7 cm³/mol. The molecule has 0 aliphatic heterocycles. The van der Waals surface area contributed by atoms with Crippen molar-refractivity contribution < 1.29 is 9.90 Å². The van der Waals surface area contributed by atoms with Crippen LogP contribution in [0.25, 0.3) is 0 Å². The van der Waals surface area contributed by atoms with Gasteiger partial charge in [0.2, 0.25) is 0 Å². The van der Waals surface area contributed by atoms with Gasteiger partial charge >= 0.3 is 5.97 Å².